The molecule has 2 aliphatic rings. The molecule has 0 aliphatic carbocycles. The molecule has 2 fully saturated rings. The fourth-order valence-corrected chi connectivity index (χ4v) is 4.00. The van der Waals surface area contributed by atoms with Crippen molar-refractivity contribution in [1.29, 1.82) is 0 Å². The van der Waals surface area contributed by atoms with E-state index < -0.39 is 0 Å². The fourth-order valence-electron chi connectivity index (χ4n) is 3.74. The van der Waals surface area contributed by atoms with Crippen molar-refractivity contribution in [3.63, 3.8) is 0 Å². The summed E-state index contributed by atoms with van der Waals surface area (Å²) in [5.74, 6) is -0.384. The molecule has 2 aromatic rings. The number of rotatable bonds is 3. The van der Waals surface area contributed by atoms with E-state index in [9.17, 15) is 9.59 Å². The topological polar surface area (TPSA) is 81.3 Å². The van der Waals surface area contributed by atoms with Crippen LogP contribution >= 0.6 is 24.0 Å². The number of nitrogens with zero attached hydrogens (tertiary/aromatic N) is 3. The van der Waals surface area contributed by atoms with Gasteiger partial charge in [0.25, 0.3) is 0 Å². The van der Waals surface area contributed by atoms with Crippen molar-refractivity contribution in [1.82, 2.24) is 20.4 Å². The third-order valence-corrected chi connectivity index (χ3v) is 5.40. The second-order valence-electron chi connectivity index (χ2n) is 6.63. The van der Waals surface area contributed by atoms with Crippen LogP contribution in [0.4, 0.5) is 5.69 Å². The van der Waals surface area contributed by atoms with E-state index in [0.29, 0.717) is 30.3 Å². The molecule has 2 unspecified atom stereocenters. The maximum atomic E-state index is 13.2. The number of piperazine rings is 1. The van der Waals surface area contributed by atoms with Crippen LogP contribution in [-0.4, -0.2) is 53.1 Å². The number of H-pyrrole nitrogens is 1. The van der Waals surface area contributed by atoms with Crippen LogP contribution in [0.1, 0.15) is 18.0 Å². The maximum Gasteiger partial charge on any atom is 0.228 e. The van der Waals surface area contributed by atoms with Gasteiger partial charge in [-0.1, -0.05) is 29.8 Å². The van der Waals surface area contributed by atoms with Gasteiger partial charge in [-0.3, -0.25) is 14.7 Å². The molecule has 2 aliphatic heterocycles. The van der Waals surface area contributed by atoms with Gasteiger partial charge in [-0.2, -0.15) is 5.10 Å². The Morgan fingerprint density at radius 3 is 2.85 bits per heavy atom. The molecule has 2 saturated heterocycles. The van der Waals surface area contributed by atoms with E-state index >= 15 is 0 Å². The van der Waals surface area contributed by atoms with Crippen molar-refractivity contribution >= 4 is 41.5 Å². The zero-order valence-electron chi connectivity index (χ0n) is 14.6. The number of amides is 2. The Labute approximate surface area is 168 Å². The number of hydrogen-bond donors (Lipinski definition) is 2. The summed E-state index contributed by atoms with van der Waals surface area (Å²) in [6.45, 7) is 2.38. The number of nitrogens with one attached hydrogen (secondary N) is 2. The SMILES string of the molecule is Cl.O=C1CC(C(=O)N2CCNCC2c2ccccc2Cl)CN1c1cn[nH]c1. The van der Waals surface area contributed by atoms with Crippen LogP contribution in [-0.2, 0) is 9.59 Å². The van der Waals surface area contributed by atoms with Crippen LogP contribution in [0.15, 0.2) is 36.7 Å². The Kier molecular flexibility index (Phi) is 6.04. The molecule has 2 atom stereocenters. The fraction of sp³-hybridized carbons (Fsp3) is 0.389. The van der Waals surface area contributed by atoms with E-state index in [1.165, 1.54) is 0 Å². The molecular weight excluding hydrogens is 389 g/mol. The lowest BCUT2D eigenvalue weighted by atomic mass is 9.99. The first-order valence-electron chi connectivity index (χ1n) is 8.70. The number of aromatic amines is 1. The highest BCUT2D eigenvalue weighted by Gasteiger charge is 2.40. The first-order valence-corrected chi connectivity index (χ1v) is 9.07. The van der Waals surface area contributed by atoms with Gasteiger partial charge < -0.3 is 15.1 Å². The van der Waals surface area contributed by atoms with Crippen LogP contribution in [0, 0.1) is 5.92 Å². The summed E-state index contributed by atoms with van der Waals surface area (Å²) in [5, 5.41) is 10.6. The number of anilines is 1. The second kappa shape index (κ2) is 8.29. The summed E-state index contributed by atoms with van der Waals surface area (Å²) < 4.78 is 0. The quantitative estimate of drug-likeness (QED) is 0.812. The van der Waals surface area contributed by atoms with Gasteiger partial charge in [-0.15, -0.1) is 12.4 Å². The number of carbonyl (C=O) groups is 2. The molecular formula is C18H21Cl2N5O2. The van der Waals surface area contributed by atoms with E-state index in [2.05, 4.69) is 15.5 Å². The van der Waals surface area contributed by atoms with Gasteiger partial charge in [0.2, 0.25) is 11.8 Å². The number of carbonyl (C=O) groups excluding carboxylic acids is 2. The summed E-state index contributed by atoms with van der Waals surface area (Å²) in [5.41, 5.74) is 1.64. The van der Waals surface area contributed by atoms with Gasteiger partial charge in [0.15, 0.2) is 0 Å². The Morgan fingerprint density at radius 2 is 2.11 bits per heavy atom. The van der Waals surface area contributed by atoms with Gasteiger partial charge >= 0.3 is 0 Å². The summed E-state index contributed by atoms with van der Waals surface area (Å²) >= 11 is 6.36. The lowest BCUT2D eigenvalue weighted by Crippen LogP contribution is -2.50. The van der Waals surface area contributed by atoms with E-state index in [-0.39, 0.29) is 42.6 Å². The van der Waals surface area contributed by atoms with Crippen molar-refractivity contribution < 1.29 is 9.59 Å². The minimum atomic E-state index is -0.347. The zero-order valence-corrected chi connectivity index (χ0v) is 16.2. The monoisotopic (exact) mass is 409 g/mol. The van der Waals surface area contributed by atoms with Crippen LogP contribution in [0.2, 0.25) is 5.02 Å². The molecule has 3 heterocycles. The van der Waals surface area contributed by atoms with Crippen LogP contribution in [0.25, 0.3) is 0 Å². The number of halogens is 2. The molecule has 4 rings (SSSR count). The van der Waals surface area contributed by atoms with Gasteiger partial charge in [0.05, 0.1) is 23.8 Å². The predicted molar refractivity (Wildman–Crippen MR) is 105 cm³/mol. The standard InChI is InChI=1S/C18H20ClN5O2.ClH/c19-15-4-2-1-3-14(15)16-10-20-5-6-23(16)18(26)12-7-17(25)24(11-12)13-8-21-22-9-13;/h1-4,8-9,12,16,20H,5-7,10-11H2,(H,21,22);1H. The van der Waals surface area contributed by atoms with E-state index in [1.54, 1.807) is 17.3 Å². The third-order valence-electron chi connectivity index (χ3n) is 5.06. The summed E-state index contributed by atoms with van der Waals surface area (Å²) in [6.07, 6.45) is 3.49. The van der Waals surface area contributed by atoms with Gasteiger partial charge in [-0.25, -0.2) is 0 Å². The molecule has 0 bridgehead atoms. The number of hydrogen-bond acceptors (Lipinski definition) is 4. The van der Waals surface area contributed by atoms with E-state index in [0.717, 1.165) is 12.1 Å². The van der Waals surface area contributed by atoms with Crippen LogP contribution in [0.3, 0.4) is 0 Å². The predicted octanol–water partition coefficient (Wildman–Crippen LogP) is 2.01. The van der Waals surface area contributed by atoms with E-state index in [1.807, 2.05) is 29.2 Å². The molecule has 9 heteroatoms. The summed E-state index contributed by atoms with van der Waals surface area (Å²) in [6, 6.07) is 7.49. The summed E-state index contributed by atoms with van der Waals surface area (Å²) in [7, 11) is 0. The van der Waals surface area contributed by atoms with Crippen molar-refractivity contribution in [2.75, 3.05) is 31.1 Å². The average Bonchev–Trinajstić information content (AvgIpc) is 3.31. The molecule has 2 N–H and O–H groups in total. The molecule has 144 valence electrons. The van der Waals surface area contributed by atoms with Crippen molar-refractivity contribution in [2.24, 2.45) is 5.92 Å². The van der Waals surface area contributed by atoms with Crippen molar-refractivity contribution in [3.8, 4) is 0 Å². The molecule has 0 saturated carbocycles. The zero-order chi connectivity index (χ0) is 18.1. The minimum Gasteiger partial charge on any atom is -0.333 e. The maximum absolute atomic E-state index is 13.2. The Hall–Kier alpha value is -2.09. The Morgan fingerprint density at radius 1 is 1.30 bits per heavy atom. The van der Waals surface area contributed by atoms with Crippen molar-refractivity contribution in [2.45, 2.75) is 12.5 Å². The van der Waals surface area contributed by atoms with E-state index in [4.69, 9.17) is 11.6 Å². The van der Waals surface area contributed by atoms with Gasteiger partial charge in [0.1, 0.15) is 0 Å². The highest BCUT2D eigenvalue weighted by atomic mass is 35.5. The van der Waals surface area contributed by atoms with Gasteiger partial charge in [0, 0.05) is 43.8 Å². The van der Waals surface area contributed by atoms with Crippen LogP contribution in [0.5, 0.6) is 0 Å². The summed E-state index contributed by atoms with van der Waals surface area (Å²) in [4.78, 5) is 29.1. The molecule has 1 aromatic heterocycles. The molecule has 7 nitrogen and oxygen atoms in total. The Bertz CT molecular complexity index is 814. The minimum absolute atomic E-state index is 0. The molecule has 0 radical (unpaired) electrons. The van der Waals surface area contributed by atoms with Crippen LogP contribution < -0.4 is 10.2 Å². The normalized spacial score (nSPS) is 22.6. The highest BCUT2D eigenvalue weighted by molar-refractivity contribution is 6.31. The molecule has 2 amide bonds. The molecule has 27 heavy (non-hydrogen) atoms. The molecule has 1 aromatic carbocycles. The second-order valence-corrected chi connectivity index (χ2v) is 7.04. The molecule has 0 spiro atoms. The smallest absolute Gasteiger partial charge is 0.228 e. The lowest BCUT2D eigenvalue weighted by Gasteiger charge is -2.38. The lowest BCUT2D eigenvalue weighted by molar-refractivity contribution is -0.139. The number of aromatic nitrogens is 2. The first kappa shape index (κ1) is 19.7. The largest absolute Gasteiger partial charge is 0.333 e. The first-order chi connectivity index (χ1) is 12.6. The number of benzene rings is 1. The Balaban J connectivity index is 0.00000210. The third kappa shape index (κ3) is 3.81. The van der Waals surface area contributed by atoms with Crippen molar-refractivity contribution in [3.05, 3.63) is 47.2 Å². The van der Waals surface area contributed by atoms with Gasteiger partial charge in [-0.05, 0) is 11.6 Å². The average molecular weight is 410 g/mol. The highest BCUT2D eigenvalue weighted by Crippen LogP contribution is 2.32.